The van der Waals surface area contributed by atoms with Crippen LogP contribution in [-0.2, 0) is 28.7 Å². The van der Waals surface area contributed by atoms with E-state index in [1.807, 2.05) is 0 Å². The summed E-state index contributed by atoms with van der Waals surface area (Å²) >= 11 is 0. The van der Waals surface area contributed by atoms with Crippen molar-refractivity contribution in [2.75, 3.05) is 0 Å². The first-order valence-corrected chi connectivity index (χ1v) is 5.18. The van der Waals surface area contributed by atoms with Crippen molar-refractivity contribution >= 4 is 23.9 Å². The first kappa shape index (κ1) is 15.9. The minimum absolute atomic E-state index is 0.127. The summed E-state index contributed by atoms with van der Waals surface area (Å²) in [6.07, 6.45) is -4.38. The van der Waals surface area contributed by atoms with Gasteiger partial charge in [-0.25, -0.2) is 9.59 Å². The standard InChI is InChI=1S/C10H14O8/c1-3-5(11)17-7(9(13)14)8(10(15)16)18-6(12)4-2/h7-8H,3-4H2,1-2H3,(H,13,14)(H,15,16). The predicted molar refractivity (Wildman–Crippen MR) is 55.6 cm³/mol. The average Bonchev–Trinajstić information content (AvgIpc) is 2.31. The molecule has 18 heavy (non-hydrogen) atoms. The molecular formula is C10H14O8. The highest BCUT2D eigenvalue weighted by atomic mass is 16.6. The van der Waals surface area contributed by atoms with Crippen molar-refractivity contribution in [1.29, 1.82) is 0 Å². The molecule has 8 heteroatoms. The fourth-order valence-corrected chi connectivity index (χ4v) is 0.933. The molecule has 0 aliphatic heterocycles. The van der Waals surface area contributed by atoms with Gasteiger partial charge < -0.3 is 19.7 Å². The molecule has 0 aliphatic carbocycles. The first-order chi connectivity index (χ1) is 8.33. The van der Waals surface area contributed by atoms with E-state index in [1.54, 1.807) is 0 Å². The van der Waals surface area contributed by atoms with E-state index < -0.39 is 36.1 Å². The van der Waals surface area contributed by atoms with Gasteiger partial charge in [-0.3, -0.25) is 9.59 Å². The fourth-order valence-electron chi connectivity index (χ4n) is 0.933. The molecule has 8 nitrogen and oxygen atoms in total. The van der Waals surface area contributed by atoms with E-state index in [2.05, 4.69) is 9.47 Å². The number of carboxylic acids is 2. The highest BCUT2D eigenvalue weighted by Gasteiger charge is 2.40. The fraction of sp³-hybridized carbons (Fsp3) is 0.600. The SMILES string of the molecule is CCC(=O)OC(C(=O)O)C(OC(=O)CC)C(=O)O. The highest BCUT2D eigenvalue weighted by Crippen LogP contribution is 2.08. The summed E-state index contributed by atoms with van der Waals surface area (Å²) < 4.78 is 8.87. The third-order valence-corrected chi connectivity index (χ3v) is 1.86. The Balaban J connectivity index is 4.99. The van der Waals surface area contributed by atoms with E-state index in [0.29, 0.717) is 0 Å². The normalized spacial score (nSPS) is 13.2. The molecule has 0 rings (SSSR count). The summed E-state index contributed by atoms with van der Waals surface area (Å²) in [4.78, 5) is 43.6. The molecule has 0 heterocycles. The zero-order chi connectivity index (χ0) is 14.3. The Morgan fingerprint density at radius 1 is 0.833 bits per heavy atom. The Kier molecular flexibility index (Phi) is 6.40. The summed E-state index contributed by atoms with van der Waals surface area (Å²) in [7, 11) is 0. The number of hydrogen-bond acceptors (Lipinski definition) is 6. The van der Waals surface area contributed by atoms with Gasteiger partial charge in [0.25, 0.3) is 0 Å². The van der Waals surface area contributed by atoms with E-state index >= 15 is 0 Å². The lowest BCUT2D eigenvalue weighted by Crippen LogP contribution is -2.45. The second-order valence-corrected chi connectivity index (χ2v) is 3.20. The molecule has 102 valence electrons. The van der Waals surface area contributed by atoms with Crippen LogP contribution in [0.25, 0.3) is 0 Å². The minimum Gasteiger partial charge on any atom is -0.478 e. The summed E-state index contributed by atoms with van der Waals surface area (Å²) in [5, 5.41) is 17.6. The van der Waals surface area contributed by atoms with Crippen molar-refractivity contribution < 1.29 is 38.9 Å². The van der Waals surface area contributed by atoms with Gasteiger partial charge in [0.05, 0.1) is 0 Å². The van der Waals surface area contributed by atoms with Gasteiger partial charge in [0, 0.05) is 12.8 Å². The second kappa shape index (κ2) is 7.25. The van der Waals surface area contributed by atoms with Crippen LogP contribution in [0.3, 0.4) is 0 Å². The van der Waals surface area contributed by atoms with Crippen molar-refractivity contribution in [3.8, 4) is 0 Å². The van der Waals surface area contributed by atoms with Gasteiger partial charge in [0.1, 0.15) is 0 Å². The molecule has 0 aromatic carbocycles. The zero-order valence-electron chi connectivity index (χ0n) is 9.91. The van der Waals surface area contributed by atoms with Crippen molar-refractivity contribution in [2.45, 2.75) is 38.9 Å². The molecule has 0 aromatic rings. The van der Waals surface area contributed by atoms with E-state index in [0.717, 1.165) is 0 Å². The molecular weight excluding hydrogens is 248 g/mol. The van der Waals surface area contributed by atoms with Gasteiger partial charge in [0.2, 0.25) is 12.2 Å². The number of hydrogen-bond donors (Lipinski definition) is 2. The van der Waals surface area contributed by atoms with Gasteiger partial charge in [0.15, 0.2) is 0 Å². The van der Waals surface area contributed by atoms with Crippen LogP contribution in [-0.4, -0.2) is 46.3 Å². The Morgan fingerprint density at radius 3 is 1.28 bits per heavy atom. The zero-order valence-corrected chi connectivity index (χ0v) is 9.91. The van der Waals surface area contributed by atoms with Gasteiger partial charge in [-0.2, -0.15) is 0 Å². The Bertz CT molecular complexity index is 314. The Hall–Kier alpha value is -2.12. The average molecular weight is 262 g/mol. The van der Waals surface area contributed by atoms with Crippen LogP contribution in [0.1, 0.15) is 26.7 Å². The van der Waals surface area contributed by atoms with Crippen LogP contribution in [0, 0.1) is 0 Å². The molecule has 2 unspecified atom stereocenters. The number of aliphatic carboxylic acids is 2. The maximum absolute atomic E-state index is 11.0. The lowest BCUT2D eigenvalue weighted by molar-refractivity contribution is -0.187. The number of rotatable bonds is 7. The van der Waals surface area contributed by atoms with Crippen molar-refractivity contribution in [1.82, 2.24) is 0 Å². The molecule has 0 bridgehead atoms. The smallest absolute Gasteiger partial charge is 0.349 e. The van der Waals surface area contributed by atoms with E-state index in [1.165, 1.54) is 13.8 Å². The number of carbonyl (C=O) groups is 4. The van der Waals surface area contributed by atoms with Crippen LogP contribution in [0.15, 0.2) is 0 Å². The quantitative estimate of drug-likeness (QED) is 0.604. The third kappa shape index (κ3) is 4.81. The van der Waals surface area contributed by atoms with Crippen molar-refractivity contribution in [2.24, 2.45) is 0 Å². The lowest BCUT2D eigenvalue weighted by Gasteiger charge is -2.20. The van der Waals surface area contributed by atoms with Crippen LogP contribution in [0.4, 0.5) is 0 Å². The largest absolute Gasteiger partial charge is 0.478 e. The Labute approximate surface area is 102 Å². The summed E-state index contributed by atoms with van der Waals surface area (Å²) in [5.74, 6) is -5.20. The number of carboxylic acid groups (broad SMARTS) is 2. The third-order valence-electron chi connectivity index (χ3n) is 1.86. The minimum atomic E-state index is -2.06. The lowest BCUT2D eigenvalue weighted by atomic mass is 10.2. The number of carbonyl (C=O) groups excluding carboxylic acids is 2. The van der Waals surface area contributed by atoms with Crippen LogP contribution in [0.2, 0.25) is 0 Å². The van der Waals surface area contributed by atoms with E-state index in [-0.39, 0.29) is 12.8 Å². The van der Waals surface area contributed by atoms with Crippen LogP contribution in [0.5, 0.6) is 0 Å². The van der Waals surface area contributed by atoms with Gasteiger partial charge in [-0.05, 0) is 0 Å². The maximum Gasteiger partial charge on any atom is 0.349 e. The Morgan fingerprint density at radius 2 is 1.11 bits per heavy atom. The van der Waals surface area contributed by atoms with Crippen LogP contribution >= 0.6 is 0 Å². The monoisotopic (exact) mass is 262 g/mol. The molecule has 2 atom stereocenters. The molecule has 0 saturated carbocycles. The topological polar surface area (TPSA) is 127 Å². The number of esters is 2. The van der Waals surface area contributed by atoms with Gasteiger partial charge in [-0.15, -0.1) is 0 Å². The molecule has 0 amide bonds. The summed E-state index contributed by atoms with van der Waals surface area (Å²) in [5.41, 5.74) is 0. The summed E-state index contributed by atoms with van der Waals surface area (Å²) in [6, 6.07) is 0. The molecule has 0 radical (unpaired) electrons. The predicted octanol–water partition coefficient (Wildman–Crippen LogP) is -0.201. The van der Waals surface area contributed by atoms with E-state index in [4.69, 9.17) is 10.2 Å². The first-order valence-electron chi connectivity index (χ1n) is 5.18. The molecule has 0 spiro atoms. The van der Waals surface area contributed by atoms with Gasteiger partial charge in [-0.1, -0.05) is 13.8 Å². The molecule has 0 saturated heterocycles. The highest BCUT2D eigenvalue weighted by molar-refractivity contribution is 5.87. The van der Waals surface area contributed by atoms with E-state index in [9.17, 15) is 19.2 Å². The molecule has 2 N–H and O–H groups in total. The second-order valence-electron chi connectivity index (χ2n) is 3.20. The molecule has 0 fully saturated rings. The van der Waals surface area contributed by atoms with Crippen molar-refractivity contribution in [3.05, 3.63) is 0 Å². The summed E-state index contributed by atoms with van der Waals surface area (Å²) in [6.45, 7) is 2.82. The molecule has 0 aliphatic rings. The van der Waals surface area contributed by atoms with Crippen LogP contribution < -0.4 is 0 Å². The van der Waals surface area contributed by atoms with Crippen molar-refractivity contribution in [3.63, 3.8) is 0 Å². The van der Waals surface area contributed by atoms with Gasteiger partial charge >= 0.3 is 23.9 Å². The molecule has 0 aromatic heterocycles. The number of ether oxygens (including phenoxy) is 2. The maximum atomic E-state index is 11.0.